The van der Waals surface area contributed by atoms with Gasteiger partial charge in [0.15, 0.2) is 9.84 Å². The zero-order valence-corrected chi connectivity index (χ0v) is 10.3. The second-order valence-corrected chi connectivity index (χ2v) is 5.52. The van der Waals surface area contributed by atoms with Crippen molar-refractivity contribution < 1.29 is 12.8 Å². The van der Waals surface area contributed by atoms with Crippen molar-refractivity contribution in [3.05, 3.63) is 71.4 Å². The summed E-state index contributed by atoms with van der Waals surface area (Å²) < 4.78 is 37.1. The zero-order chi connectivity index (χ0) is 13.0. The monoisotopic (exact) mass is 262 g/mol. The van der Waals surface area contributed by atoms with Crippen LogP contribution in [0.1, 0.15) is 5.56 Å². The van der Waals surface area contributed by atoms with Crippen molar-refractivity contribution in [1.82, 2.24) is 0 Å². The average Bonchev–Trinajstić information content (AvgIpc) is 2.39. The summed E-state index contributed by atoms with van der Waals surface area (Å²) in [4.78, 5) is 0.192. The topological polar surface area (TPSA) is 34.1 Å². The third kappa shape index (κ3) is 2.84. The molecule has 2 nitrogen and oxygen atoms in total. The number of benzene rings is 2. The Morgan fingerprint density at radius 1 is 0.889 bits per heavy atom. The summed E-state index contributed by atoms with van der Waals surface area (Å²) in [5.74, 6) is -0.447. The lowest BCUT2D eigenvalue weighted by molar-refractivity contribution is 0.605. The largest absolute Gasteiger partial charge is 0.219 e. The van der Waals surface area contributed by atoms with Gasteiger partial charge in [-0.3, -0.25) is 0 Å². The van der Waals surface area contributed by atoms with Gasteiger partial charge in [-0.2, -0.15) is 0 Å². The van der Waals surface area contributed by atoms with E-state index < -0.39 is 15.7 Å². The molecular formula is C14H11FO2S. The molecule has 0 atom stereocenters. The average molecular weight is 262 g/mol. The molecule has 2 aromatic rings. The molecule has 0 aromatic heterocycles. The minimum absolute atomic E-state index is 0.192. The smallest absolute Gasteiger partial charge is 0.199 e. The lowest BCUT2D eigenvalue weighted by atomic mass is 10.2. The second kappa shape index (κ2) is 5.14. The van der Waals surface area contributed by atoms with Crippen LogP contribution < -0.4 is 0 Å². The van der Waals surface area contributed by atoms with Crippen LogP contribution in [-0.2, 0) is 9.84 Å². The third-order valence-electron chi connectivity index (χ3n) is 2.40. The summed E-state index contributed by atoms with van der Waals surface area (Å²) in [5.41, 5.74) is 0.247. The molecule has 4 heteroatoms. The van der Waals surface area contributed by atoms with Crippen LogP contribution in [0.25, 0.3) is 6.08 Å². The van der Waals surface area contributed by atoms with Crippen LogP contribution in [-0.4, -0.2) is 8.42 Å². The molecule has 0 radical (unpaired) electrons. The molecule has 0 fully saturated rings. The van der Waals surface area contributed by atoms with Gasteiger partial charge in [0.05, 0.1) is 4.90 Å². The first-order valence-electron chi connectivity index (χ1n) is 5.32. The van der Waals surface area contributed by atoms with Crippen LogP contribution in [0.4, 0.5) is 4.39 Å². The van der Waals surface area contributed by atoms with E-state index in [4.69, 9.17) is 0 Å². The Balaban J connectivity index is 2.32. The van der Waals surface area contributed by atoms with E-state index in [1.54, 1.807) is 30.3 Å². The highest BCUT2D eigenvalue weighted by Crippen LogP contribution is 2.14. The molecule has 0 aliphatic carbocycles. The lowest BCUT2D eigenvalue weighted by Gasteiger charge is -1.98. The minimum atomic E-state index is -3.52. The molecule has 0 saturated carbocycles. The highest BCUT2D eigenvalue weighted by atomic mass is 32.2. The Morgan fingerprint density at radius 2 is 1.50 bits per heavy atom. The van der Waals surface area contributed by atoms with E-state index in [-0.39, 0.29) is 10.5 Å². The molecule has 18 heavy (non-hydrogen) atoms. The maximum absolute atomic E-state index is 13.3. The maximum atomic E-state index is 13.3. The summed E-state index contributed by atoms with van der Waals surface area (Å²) >= 11 is 0. The van der Waals surface area contributed by atoms with Crippen LogP contribution in [0.5, 0.6) is 0 Å². The fraction of sp³-hybridized carbons (Fsp3) is 0. The molecule has 0 aliphatic heterocycles. The van der Waals surface area contributed by atoms with Gasteiger partial charge < -0.3 is 0 Å². The first-order valence-corrected chi connectivity index (χ1v) is 6.87. The summed E-state index contributed by atoms with van der Waals surface area (Å²) in [6.07, 6.45) is 1.26. The van der Waals surface area contributed by atoms with Crippen LogP contribution in [0.2, 0.25) is 0 Å². The van der Waals surface area contributed by atoms with E-state index in [1.807, 2.05) is 0 Å². The van der Waals surface area contributed by atoms with Gasteiger partial charge in [-0.15, -0.1) is 0 Å². The standard InChI is InChI=1S/C14H11FO2S/c15-14-9-5-4-6-12(14)10-11-18(16,17)13-7-2-1-3-8-13/h1-11H/b11-10+. The zero-order valence-electron chi connectivity index (χ0n) is 9.45. The highest BCUT2D eigenvalue weighted by molar-refractivity contribution is 7.94. The highest BCUT2D eigenvalue weighted by Gasteiger charge is 2.09. The second-order valence-electron chi connectivity index (χ2n) is 3.68. The minimum Gasteiger partial charge on any atom is -0.219 e. The predicted octanol–water partition coefficient (Wildman–Crippen LogP) is 3.27. The van der Waals surface area contributed by atoms with E-state index in [2.05, 4.69) is 0 Å². The van der Waals surface area contributed by atoms with Crippen LogP contribution in [0.3, 0.4) is 0 Å². The molecule has 0 amide bonds. The fourth-order valence-corrected chi connectivity index (χ4v) is 2.48. The molecule has 0 heterocycles. The van der Waals surface area contributed by atoms with E-state index in [9.17, 15) is 12.8 Å². The van der Waals surface area contributed by atoms with Gasteiger partial charge in [0.25, 0.3) is 0 Å². The van der Waals surface area contributed by atoms with Crippen LogP contribution >= 0.6 is 0 Å². The molecule has 0 spiro atoms. The first kappa shape index (κ1) is 12.5. The molecule has 92 valence electrons. The van der Waals surface area contributed by atoms with Gasteiger partial charge in [-0.25, -0.2) is 12.8 Å². The molecule has 0 unspecified atom stereocenters. The normalized spacial score (nSPS) is 11.8. The molecule has 2 rings (SSSR count). The number of sulfone groups is 1. The van der Waals surface area contributed by atoms with Crippen LogP contribution in [0, 0.1) is 5.82 Å². The Bertz CT molecular complexity index is 661. The van der Waals surface area contributed by atoms with E-state index in [1.165, 1.54) is 30.3 Å². The summed E-state index contributed by atoms with van der Waals surface area (Å²) in [6, 6.07) is 14.0. The molecular weight excluding hydrogens is 251 g/mol. The van der Waals surface area contributed by atoms with Crippen LogP contribution in [0.15, 0.2) is 64.9 Å². The van der Waals surface area contributed by atoms with Crippen molar-refractivity contribution in [2.24, 2.45) is 0 Å². The fourth-order valence-electron chi connectivity index (χ4n) is 1.46. The maximum Gasteiger partial charge on any atom is 0.199 e. The quantitative estimate of drug-likeness (QED) is 0.850. The molecule has 0 saturated heterocycles. The van der Waals surface area contributed by atoms with Gasteiger partial charge in [0.2, 0.25) is 0 Å². The van der Waals surface area contributed by atoms with Gasteiger partial charge in [-0.05, 0) is 24.3 Å². The Hall–Kier alpha value is -1.94. The summed E-state index contributed by atoms with van der Waals surface area (Å²) in [7, 11) is -3.52. The first-order chi connectivity index (χ1) is 8.59. The van der Waals surface area contributed by atoms with Crippen molar-refractivity contribution in [1.29, 1.82) is 0 Å². The van der Waals surface area contributed by atoms with E-state index in [0.29, 0.717) is 0 Å². The van der Waals surface area contributed by atoms with Gasteiger partial charge in [0, 0.05) is 11.0 Å². The van der Waals surface area contributed by atoms with Gasteiger partial charge >= 0.3 is 0 Å². The van der Waals surface area contributed by atoms with E-state index in [0.717, 1.165) is 5.41 Å². The predicted molar refractivity (Wildman–Crippen MR) is 69.1 cm³/mol. The van der Waals surface area contributed by atoms with Crippen molar-refractivity contribution >= 4 is 15.9 Å². The van der Waals surface area contributed by atoms with Gasteiger partial charge in [0.1, 0.15) is 5.82 Å². The third-order valence-corrected chi connectivity index (χ3v) is 3.83. The SMILES string of the molecule is O=S(=O)(/C=C/c1ccccc1F)c1ccccc1. The molecule has 0 bridgehead atoms. The van der Waals surface area contributed by atoms with Gasteiger partial charge in [-0.1, -0.05) is 36.4 Å². The number of hydrogen-bond acceptors (Lipinski definition) is 2. The van der Waals surface area contributed by atoms with Crippen molar-refractivity contribution in [2.75, 3.05) is 0 Å². The summed E-state index contributed by atoms with van der Waals surface area (Å²) in [6.45, 7) is 0. The number of rotatable bonds is 3. The molecule has 0 aliphatic rings. The number of hydrogen-bond donors (Lipinski definition) is 0. The summed E-state index contributed by atoms with van der Waals surface area (Å²) in [5, 5.41) is 1.01. The van der Waals surface area contributed by atoms with Crippen molar-refractivity contribution in [3.8, 4) is 0 Å². The molecule has 0 N–H and O–H groups in total. The lowest BCUT2D eigenvalue weighted by Crippen LogP contribution is -1.95. The Kier molecular flexibility index (Phi) is 3.58. The Labute approximate surface area is 105 Å². The van der Waals surface area contributed by atoms with Crippen molar-refractivity contribution in [2.45, 2.75) is 4.90 Å². The number of halogens is 1. The Morgan fingerprint density at radius 3 is 2.17 bits per heavy atom. The molecule has 2 aromatic carbocycles. The van der Waals surface area contributed by atoms with Crippen molar-refractivity contribution in [3.63, 3.8) is 0 Å². The van der Waals surface area contributed by atoms with E-state index >= 15 is 0 Å².